The van der Waals surface area contributed by atoms with Gasteiger partial charge in [0.25, 0.3) is 5.78 Å². The summed E-state index contributed by atoms with van der Waals surface area (Å²) in [5, 5.41) is 4.09. The van der Waals surface area contributed by atoms with E-state index in [-0.39, 0.29) is 28.6 Å². The summed E-state index contributed by atoms with van der Waals surface area (Å²) >= 11 is 6.30. The SMILES string of the molecule is C1CC2CC2C1.CC1CC2C(c3c(-c4c(F)cc(F)cc4F)c(Cl)nc4ncnn34)N2C1. The van der Waals surface area contributed by atoms with Gasteiger partial charge in [-0.2, -0.15) is 19.6 Å². The number of nitrogens with zero attached hydrogens (tertiary/aromatic N) is 5. The van der Waals surface area contributed by atoms with Gasteiger partial charge in [-0.05, 0) is 30.6 Å². The highest BCUT2D eigenvalue weighted by molar-refractivity contribution is 6.32. The topological polar surface area (TPSA) is 46.1 Å². The van der Waals surface area contributed by atoms with Crippen molar-refractivity contribution in [2.45, 2.75) is 51.1 Å². The molecular weight excluding hydrogens is 439 g/mol. The summed E-state index contributed by atoms with van der Waals surface area (Å²) in [6, 6.07) is 1.47. The van der Waals surface area contributed by atoms with Gasteiger partial charge in [0.1, 0.15) is 28.9 Å². The third-order valence-electron chi connectivity index (χ3n) is 7.40. The second-order valence-electron chi connectivity index (χ2n) is 9.62. The quantitative estimate of drug-likeness (QED) is 0.377. The molecule has 0 N–H and O–H groups in total. The van der Waals surface area contributed by atoms with Crippen LogP contribution in [0.25, 0.3) is 16.9 Å². The first kappa shape index (κ1) is 20.4. The molecular formula is C23H23ClF3N5. The molecule has 2 saturated carbocycles. The summed E-state index contributed by atoms with van der Waals surface area (Å²) in [4.78, 5) is 10.4. The molecule has 2 aromatic heterocycles. The Labute approximate surface area is 188 Å². The van der Waals surface area contributed by atoms with Crippen LogP contribution in [0.1, 0.15) is 50.8 Å². The Morgan fingerprint density at radius 2 is 1.75 bits per heavy atom. The maximum atomic E-state index is 14.5. The Balaban J connectivity index is 0.000000279. The van der Waals surface area contributed by atoms with E-state index in [9.17, 15) is 13.2 Å². The first-order chi connectivity index (χ1) is 15.4. The molecule has 2 aliphatic carbocycles. The van der Waals surface area contributed by atoms with Gasteiger partial charge in [-0.1, -0.05) is 37.8 Å². The van der Waals surface area contributed by atoms with Gasteiger partial charge in [-0.15, -0.1) is 0 Å². The van der Waals surface area contributed by atoms with Crippen LogP contribution in [0.5, 0.6) is 0 Å². The van der Waals surface area contributed by atoms with Gasteiger partial charge in [0.05, 0.1) is 17.3 Å². The Morgan fingerprint density at radius 1 is 1.03 bits per heavy atom. The van der Waals surface area contributed by atoms with E-state index in [4.69, 9.17) is 11.6 Å². The van der Waals surface area contributed by atoms with Crippen molar-refractivity contribution in [3.8, 4) is 11.1 Å². The molecule has 2 saturated heterocycles. The van der Waals surface area contributed by atoms with Crippen molar-refractivity contribution in [2.24, 2.45) is 17.8 Å². The van der Waals surface area contributed by atoms with Crippen LogP contribution in [-0.4, -0.2) is 37.1 Å². The average molecular weight is 462 g/mol. The predicted molar refractivity (Wildman–Crippen MR) is 114 cm³/mol. The predicted octanol–water partition coefficient (Wildman–Crippen LogP) is 5.43. The van der Waals surface area contributed by atoms with Gasteiger partial charge in [-0.25, -0.2) is 13.2 Å². The number of benzene rings is 1. The summed E-state index contributed by atoms with van der Waals surface area (Å²) < 4.78 is 43.8. The zero-order valence-electron chi connectivity index (χ0n) is 17.6. The molecule has 168 valence electrons. The molecule has 4 aliphatic rings. The fraction of sp³-hybridized carbons (Fsp3) is 0.522. The first-order valence-corrected chi connectivity index (χ1v) is 11.6. The van der Waals surface area contributed by atoms with Crippen LogP contribution >= 0.6 is 11.6 Å². The second kappa shape index (κ2) is 7.42. The van der Waals surface area contributed by atoms with Crippen molar-refractivity contribution in [3.63, 3.8) is 0 Å². The molecule has 4 fully saturated rings. The van der Waals surface area contributed by atoms with Gasteiger partial charge in [-0.3, -0.25) is 4.90 Å². The van der Waals surface area contributed by atoms with Crippen LogP contribution in [0.15, 0.2) is 18.5 Å². The normalized spacial score (nSPS) is 31.8. The van der Waals surface area contributed by atoms with Crippen LogP contribution in [0.4, 0.5) is 13.2 Å². The molecule has 0 spiro atoms. The van der Waals surface area contributed by atoms with E-state index >= 15 is 0 Å². The molecule has 5 nitrogen and oxygen atoms in total. The number of hydrogen-bond acceptors (Lipinski definition) is 4. The number of fused-ring (bicyclic) bond motifs is 3. The Morgan fingerprint density at radius 3 is 2.31 bits per heavy atom. The smallest absolute Gasteiger partial charge is 0.253 e. The molecule has 6 unspecified atom stereocenters. The molecule has 4 heterocycles. The summed E-state index contributed by atoms with van der Waals surface area (Å²) in [6.07, 6.45) is 8.54. The van der Waals surface area contributed by atoms with E-state index in [0.29, 0.717) is 23.7 Å². The monoisotopic (exact) mass is 461 g/mol. The van der Waals surface area contributed by atoms with Gasteiger partial charge in [0, 0.05) is 30.3 Å². The van der Waals surface area contributed by atoms with Gasteiger partial charge in [0.2, 0.25) is 0 Å². The summed E-state index contributed by atoms with van der Waals surface area (Å²) in [7, 11) is 0. The number of halogens is 4. The Bertz CT molecular complexity index is 1170. The third-order valence-corrected chi connectivity index (χ3v) is 7.67. The van der Waals surface area contributed by atoms with Gasteiger partial charge >= 0.3 is 0 Å². The molecule has 7 rings (SSSR count). The molecule has 1 aromatic carbocycles. The van der Waals surface area contributed by atoms with Crippen LogP contribution in [-0.2, 0) is 0 Å². The van der Waals surface area contributed by atoms with E-state index in [1.165, 1.54) is 29.1 Å². The first-order valence-electron chi connectivity index (χ1n) is 11.2. The van der Waals surface area contributed by atoms with Crippen molar-refractivity contribution >= 4 is 17.4 Å². The number of hydrogen-bond donors (Lipinski definition) is 0. The minimum atomic E-state index is -1.03. The zero-order chi connectivity index (χ0) is 22.1. The molecule has 2 aliphatic heterocycles. The van der Waals surface area contributed by atoms with Crippen molar-refractivity contribution in [3.05, 3.63) is 46.8 Å². The fourth-order valence-corrected chi connectivity index (χ4v) is 6.08. The number of piperidine rings is 1. The lowest BCUT2D eigenvalue weighted by Gasteiger charge is -2.16. The number of rotatable bonds is 2. The van der Waals surface area contributed by atoms with Crippen LogP contribution in [0.3, 0.4) is 0 Å². The maximum Gasteiger partial charge on any atom is 0.253 e. The molecule has 6 atom stereocenters. The Kier molecular flexibility index (Phi) is 4.73. The maximum absolute atomic E-state index is 14.5. The highest BCUT2D eigenvalue weighted by Gasteiger charge is 2.56. The van der Waals surface area contributed by atoms with E-state index < -0.39 is 23.0 Å². The minimum Gasteiger partial charge on any atom is -0.288 e. The highest BCUT2D eigenvalue weighted by Crippen LogP contribution is 2.54. The van der Waals surface area contributed by atoms with Crippen molar-refractivity contribution in [2.75, 3.05) is 6.54 Å². The minimum absolute atomic E-state index is 0.0743. The largest absolute Gasteiger partial charge is 0.288 e. The van der Waals surface area contributed by atoms with Gasteiger partial charge < -0.3 is 0 Å². The van der Waals surface area contributed by atoms with E-state index in [0.717, 1.165) is 13.0 Å². The van der Waals surface area contributed by atoms with Gasteiger partial charge in [0.15, 0.2) is 0 Å². The molecule has 0 radical (unpaired) electrons. The zero-order valence-corrected chi connectivity index (χ0v) is 18.4. The second-order valence-corrected chi connectivity index (χ2v) is 9.97. The molecule has 32 heavy (non-hydrogen) atoms. The number of aromatic nitrogens is 4. The third kappa shape index (κ3) is 3.30. The van der Waals surface area contributed by atoms with Crippen LogP contribution in [0, 0.1) is 35.2 Å². The summed E-state index contributed by atoms with van der Waals surface area (Å²) in [5.74, 6) is 0.202. The lowest BCUT2D eigenvalue weighted by Crippen LogP contribution is -2.12. The van der Waals surface area contributed by atoms with E-state index in [2.05, 4.69) is 26.9 Å². The molecule has 9 heteroatoms. The van der Waals surface area contributed by atoms with Crippen molar-refractivity contribution in [1.29, 1.82) is 0 Å². The highest BCUT2D eigenvalue weighted by atomic mass is 35.5. The van der Waals surface area contributed by atoms with Crippen molar-refractivity contribution < 1.29 is 13.2 Å². The van der Waals surface area contributed by atoms with Crippen molar-refractivity contribution in [1.82, 2.24) is 24.5 Å². The van der Waals surface area contributed by atoms with E-state index in [1.54, 1.807) is 19.3 Å². The molecule has 3 aromatic rings. The fourth-order valence-electron chi connectivity index (χ4n) is 5.81. The average Bonchev–Trinajstić information content (AvgIpc) is 3.34. The Hall–Kier alpha value is -2.19. The standard InChI is InChI=1S/C17H13ClF3N5.C6H10/c1-7-2-11-14(25(11)5-7)15-13(12-9(20)3-8(19)4-10(12)21)16(18)24-17-22-6-23-26(15)17;1-2-5-4-6(5)3-1/h3-4,6-7,11,14H,2,5H2,1H3;5-6H,1-4H2. The van der Waals surface area contributed by atoms with Crippen LogP contribution < -0.4 is 0 Å². The lowest BCUT2D eigenvalue weighted by atomic mass is 9.98. The summed E-state index contributed by atoms with van der Waals surface area (Å²) in [6.45, 7) is 3.05. The van der Waals surface area contributed by atoms with E-state index in [1.807, 2.05) is 0 Å². The van der Waals surface area contributed by atoms with Crippen LogP contribution in [0.2, 0.25) is 5.15 Å². The molecule has 0 amide bonds. The molecule has 0 bridgehead atoms. The summed E-state index contributed by atoms with van der Waals surface area (Å²) in [5.41, 5.74) is 0.251. The lowest BCUT2D eigenvalue weighted by molar-refractivity contribution is 0.461.